The molecule has 0 saturated heterocycles. The van der Waals surface area contributed by atoms with E-state index in [2.05, 4.69) is 53.7 Å². The van der Waals surface area contributed by atoms with E-state index in [-0.39, 0.29) is 0 Å². The Labute approximate surface area is 131 Å². The standard InChI is InChI=1S/C19H33NO/c1-13(2)12-21-19-16(6)10-15(5)11-17(19)8-7-9-18(20)14(3)4/h10-11,13-14,18H,7-9,12,20H2,1-6H3. The van der Waals surface area contributed by atoms with Gasteiger partial charge in [-0.25, -0.2) is 0 Å². The Bertz CT molecular complexity index is 437. The molecule has 0 bridgehead atoms. The smallest absolute Gasteiger partial charge is 0.125 e. The number of hydrogen-bond acceptors (Lipinski definition) is 2. The van der Waals surface area contributed by atoms with Gasteiger partial charge >= 0.3 is 0 Å². The number of benzene rings is 1. The summed E-state index contributed by atoms with van der Waals surface area (Å²) in [5, 5.41) is 0. The molecule has 2 N–H and O–H groups in total. The molecule has 0 aromatic heterocycles. The van der Waals surface area contributed by atoms with E-state index in [1.165, 1.54) is 16.7 Å². The van der Waals surface area contributed by atoms with Gasteiger partial charge in [-0.3, -0.25) is 0 Å². The molecule has 21 heavy (non-hydrogen) atoms. The molecule has 0 amide bonds. The van der Waals surface area contributed by atoms with Crippen LogP contribution in [0.2, 0.25) is 0 Å². The lowest BCUT2D eigenvalue weighted by Gasteiger charge is -2.18. The fraction of sp³-hybridized carbons (Fsp3) is 0.684. The highest BCUT2D eigenvalue weighted by molar-refractivity contribution is 5.44. The van der Waals surface area contributed by atoms with E-state index in [4.69, 9.17) is 10.5 Å². The minimum atomic E-state index is 0.302. The van der Waals surface area contributed by atoms with E-state index < -0.39 is 0 Å². The van der Waals surface area contributed by atoms with Gasteiger partial charge in [0.1, 0.15) is 5.75 Å². The third kappa shape index (κ3) is 6.09. The SMILES string of the molecule is Cc1cc(C)c(OCC(C)C)c(CCCC(N)C(C)C)c1. The molecule has 2 heteroatoms. The van der Waals surface area contributed by atoms with Crippen molar-refractivity contribution in [3.8, 4) is 5.75 Å². The molecule has 1 aromatic rings. The number of ether oxygens (including phenoxy) is 1. The first-order valence-electron chi connectivity index (χ1n) is 8.29. The number of aryl methyl sites for hydroxylation is 3. The van der Waals surface area contributed by atoms with Crippen LogP contribution in [0.3, 0.4) is 0 Å². The summed E-state index contributed by atoms with van der Waals surface area (Å²) in [6, 6.07) is 4.78. The van der Waals surface area contributed by atoms with Crippen LogP contribution in [-0.2, 0) is 6.42 Å². The maximum Gasteiger partial charge on any atom is 0.125 e. The molecule has 1 aromatic carbocycles. The molecule has 0 spiro atoms. The maximum atomic E-state index is 6.15. The molecule has 0 aliphatic heterocycles. The molecule has 0 fully saturated rings. The average molecular weight is 291 g/mol. The van der Waals surface area contributed by atoms with Crippen molar-refractivity contribution in [2.45, 2.75) is 66.8 Å². The maximum absolute atomic E-state index is 6.15. The van der Waals surface area contributed by atoms with E-state index in [0.717, 1.165) is 31.6 Å². The van der Waals surface area contributed by atoms with Gasteiger partial charge < -0.3 is 10.5 Å². The van der Waals surface area contributed by atoms with Crippen molar-refractivity contribution in [1.82, 2.24) is 0 Å². The first-order valence-corrected chi connectivity index (χ1v) is 8.29. The summed E-state index contributed by atoms with van der Waals surface area (Å²) in [7, 11) is 0. The quantitative estimate of drug-likeness (QED) is 0.757. The highest BCUT2D eigenvalue weighted by Crippen LogP contribution is 2.27. The molecule has 0 heterocycles. The largest absolute Gasteiger partial charge is 0.493 e. The van der Waals surface area contributed by atoms with E-state index in [0.29, 0.717) is 17.9 Å². The fourth-order valence-corrected chi connectivity index (χ4v) is 2.55. The first kappa shape index (κ1) is 18.0. The van der Waals surface area contributed by atoms with Crippen molar-refractivity contribution in [2.75, 3.05) is 6.61 Å². The molecular weight excluding hydrogens is 258 g/mol. The Morgan fingerprint density at radius 2 is 1.76 bits per heavy atom. The van der Waals surface area contributed by atoms with Crippen LogP contribution >= 0.6 is 0 Å². The van der Waals surface area contributed by atoms with Gasteiger partial charge in [0.2, 0.25) is 0 Å². The van der Waals surface area contributed by atoms with E-state index >= 15 is 0 Å². The van der Waals surface area contributed by atoms with Crippen molar-refractivity contribution in [3.63, 3.8) is 0 Å². The molecule has 120 valence electrons. The van der Waals surface area contributed by atoms with Crippen LogP contribution in [-0.4, -0.2) is 12.6 Å². The monoisotopic (exact) mass is 291 g/mol. The summed E-state index contributed by atoms with van der Waals surface area (Å²) in [6.07, 6.45) is 3.25. The van der Waals surface area contributed by atoms with Crippen LogP contribution in [0.4, 0.5) is 0 Å². The topological polar surface area (TPSA) is 35.2 Å². The molecule has 0 radical (unpaired) electrons. The Morgan fingerprint density at radius 3 is 2.33 bits per heavy atom. The summed E-state index contributed by atoms with van der Waals surface area (Å²) in [6.45, 7) is 13.8. The molecule has 1 rings (SSSR count). The Balaban J connectivity index is 2.74. The summed E-state index contributed by atoms with van der Waals surface area (Å²) >= 11 is 0. The van der Waals surface area contributed by atoms with E-state index in [1.807, 2.05) is 0 Å². The zero-order valence-electron chi connectivity index (χ0n) is 14.7. The highest BCUT2D eigenvalue weighted by atomic mass is 16.5. The van der Waals surface area contributed by atoms with Crippen molar-refractivity contribution < 1.29 is 4.74 Å². The molecule has 0 saturated carbocycles. The third-order valence-corrected chi connectivity index (χ3v) is 3.90. The van der Waals surface area contributed by atoms with Crippen molar-refractivity contribution >= 4 is 0 Å². The van der Waals surface area contributed by atoms with Crippen LogP contribution in [0.25, 0.3) is 0 Å². The normalized spacial score (nSPS) is 13.0. The number of hydrogen-bond donors (Lipinski definition) is 1. The Kier molecular flexibility index (Phi) is 7.24. The molecule has 1 unspecified atom stereocenters. The van der Waals surface area contributed by atoms with E-state index in [9.17, 15) is 0 Å². The molecule has 1 atom stereocenters. The lowest BCUT2D eigenvalue weighted by atomic mass is 9.96. The first-order chi connectivity index (χ1) is 9.81. The van der Waals surface area contributed by atoms with Gasteiger partial charge in [-0.1, -0.05) is 45.4 Å². The van der Waals surface area contributed by atoms with Crippen LogP contribution < -0.4 is 10.5 Å². The Hall–Kier alpha value is -1.02. The van der Waals surface area contributed by atoms with Gasteiger partial charge in [0.05, 0.1) is 6.61 Å². The molecule has 0 aliphatic carbocycles. The van der Waals surface area contributed by atoms with Crippen molar-refractivity contribution in [1.29, 1.82) is 0 Å². The summed E-state index contributed by atoms with van der Waals surface area (Å²) < 4.78 is 6.06. The molecule has 2 nitrogen and oxygen atoms in total. The second-order valence-corrected chi connectivity index (χ2v) is 7.08. The molecule has 0 aliphatic rings. The van der Waals surface area contributed by atoms with Crippen molar-refractivity contribution in [2.24, 2.45) is 17.6 Å². The van der Waals surface area contributed by atoms with Crippen molar-refractivity contribution in [3.05, 3.63) is 28.8 Å². The fourth-order valence-electron chi connectivity index (χ4n) is 2.55. The predicted molar refractivity (Wildman–Crippen MR) is 92.0 cm³/mol. The van der Waals surface area contributed by atoms with Crippen LogP contribution in [0.15, 0.2) is 12.1 Å². The van der Waals surface area contributed by atoms with Gasteiger partial charge in [-0.2, -0.15) is 0 Å². The van der Waals surface area contributed by atoms with E-state index in [1.54, 1.807) is 0 Å². The minimum Gasteiger partial charge on any atom is -0.493 e. The van der Waals surface area contributed by atoms with Crippen LogP contribution in [0, 0.1) is 25.7 Å². The zero-order chi connectivity index (χ0) is 16.0. The van der Waals surface area contributed by atoms with Gasteiger partial charge in [0.15, 0.2) is 0 Å². The van der Waals surface area contributed by atoms with Crippen LogP contribution in [0.5, 0.6) is 5.75 Å². The summed E-state index contributed by atoms with van der Waals surface area (Å²) in [5.41, 5.74) is 10.0. The Morgan fingerprint density at radius 1 is 1.10 bits per heavy atom. The molecular formula is C19H33NO. The minimum absolute atomic E-state index is 0.302. The lowest BCUT2D eigenvalue weighted by Crippen LogP contribution is -2.26. The average Bonchev–Trinajstić information content (AvgIpc) is 2.36. The second-order valence-electron chi connectivity index (χ2n) is 7.08. The third-order valence-electron chi connectivity index (χ3n) is 3.90. The number of nitrogens with two attached hydrogens (primary N) is 1. The second kappa shape index (κ2) is 8.43. The van der Waals surface area contributed by atoms with Gasteiger partial charge in [-0.05, 0) is 56.1 Å². The summed E-state index contributed by atoms with van der Waals surface area (Å²) in [5.74, 6) is 2.20. The van der Waals surface area contributed by atoms with Gasteiger partial charge in [0, 0.05) is 6.04 Å². The zero-order valence-corrected chi connectivity index (χ0v) is 14.7. The van der Waals surface area contributed by atoms with Gasteiger partial charge in [-0.15, -0.1) is 0 Å². The number of rotatable bonds is 8. The highest BCUT2D eigenvalue weighted by Gasteiger charge is 2.12. The summed E-state index contributed by atoms with van der Waals surface area (Å²) in [4.78, 5) is 0. The predicted octanol–water partition coefficient (Wildman–Crippen LogP) is 4.64. The van der Waals surface area contributed by atoms with Gasteiger partial charge in [0.25, 0.3) is 0 Å². The lowest BCUT2D eigenvalue weighted by molar-refractivity contribution is 0.266. The van der Waals surface area contributed by atoms with Crippen LogP contribution in [0.1, 0.15) is 57.2 Å².